The maximum Gasteiger partial charge on any atom is -0.0118 e. The molecule has 0 nitrogen and oxygen atoms in total. The average molecular weight is 120 g/mol. The Labute approximate surface area is 34.6 Å². The molecule has 0 aliphatic carbocycles. The molecular formula is C3H4Br. The first-order valence-corrected chi connectivity index (χ1v) is 1.69. The van der Waals surface area contributed by atoms with Gasteiger partial charge in [-0.3, -0.25) is 0 Å². The molecule has 0 aliphatic heterocycles. The molecule has 1 radical (unpaired) electrons. The summed E-state index contributed by atoms with van der Waals surface area (Å²) in [5.41, 5.74) is 0. The van der Waals surface area contributed by atoms with Gasteiger partial charge in [0.15, 0.2) is 0 Å². The van der Waals surface area contributed by atoms with Crippen molar-refractivity contribution in [2.45, 2.75) is 0 Å². The van der Waals surface area contributed by atoms with Crippen LogP contribution in [0.2, 0.25) is 0 Å². The first-order valence-electron chi connectivity index (χ1n) is 0.896. The molecule has 0 aromatic rings. The zero-order chi connectivity index (χ0) is 3.58. The van der Waals surface area contributed by atoms with Gasteiger partial charge in [-0.05, 0) is 11.4 Å². The third-order valence-electron chi connectivity index (χ3n) is 0. The van der Waals surface area contributed by atoms with Gasteiger partial charge >= 0.3 is 0 Å². The Morgan fingerprint density at radius 1 is 1.75 bits per heavy atom. The lowest BCUT2D eigenvalue weighted by Crippen LogP contribution is -1.34. The Morgan fingerprint density at radius 2 is 1.75 bits per heavy atom. The SMILES string of the molecule is [CH2]C(=C)Br. The van der Waals surface area contributed by atoms with Gasteiger partial charge < -0.3 is 0 Å². The highest BCUT2D eigenvalue weighted by molar-refractivity contribution is 9.11. The molecule has 0 spiro atoms. The van der Waals surface area contributed by atoms with E-state index in [9.17, 15) is 0 Å². The molecule has 0 fully saturated rings. The van der Waals surface area contributed by atoms with Gasteiger partial charge in [-0.15, -0.1) is 0 Å². The van der Waals surface area contributed by atoms with Crippen LogP contribution < -0.4 is 0 Å². The van der Waals surface area contributed by atoms with Crippen molar-refractivity contribution < 1.29 is 0 Å². The molecule has 0 saturated carbocycles. The van der Waals surface area contributed by atoms with Crippen molar-refractivity contribution in [3.63, 3.8) is 0 Å². The zero-order valence-corrected chi connectivity index (χ0v) is 3.88. The van der Waals surface area contributed by atoms with Gasteiger partial charge in [0.25, 0.3) is 0 Å². The largest absolute Gasteiger partial charge is 0.0888 e. The van der Waals surface area contributed by atoms with Crippen LogP contribution in [0.1, 0.15) is 0 Å². The van der Waals surface area contributed by atoms with Gasteiger partial charge in [-0.2, -0.15) is 0 Å². The lowest BCUT2D eigenvalue weighted by molar-refractivity contribution is 2.12. The van der Waals surface area contributed by atoms with E-state index < -0.39 is 0 Å². The molecule has 0 N–H and O–H groups in total. The molecule has 0 aromatic carbocycles. The number of hydrogen-bond acceptors (Lipinski definition) is 0. The Hall–Kier alpha value is 0.220. The number of halogens is 1. The van der Waals surface area contributed by atoms with Crippen molar-refractivity contribution in [3.8, 4) is 0 Å². The fourth-order valence-electron chi connectivity index (χ4n) is 0. The van der Waals surface area contributed by atoms with Crippen LogP contribution in [0, 0.1) is 6.92 Å². The Bertz CT molecular complexity index is 26.3. The minimum Gasteiger partial charge on any atom is -0.0888 e. The first kappa shape index (κ1) is 4.22. The minimum absolute atomic E-state index is 0.729. The second-order valence-corrected chi connectivity index (χ2v) is 1.64. The lowest BCUT2D eigenvalue weighted by atomic mass is 10.8. The number of rotatable bonds is 0. The van der Waals surface area contributed by atoms with Crippen LogP contribution in [-0.4, -0.2) is 0 Å². The van der Waals surface area contributed by atoms with E-state index in [4.69, 9.17) is 0 Å². The van der Waals surface area contributed by atoms with Gasteiger partial charge in [0, 0.05) is 0 Å². The van der Waals surface area contributed by atoms with Crippen molar-refractivity contribution in [1.29, 1.82) is 0 Å². The summed E-state index contributed by atoms with van der Waals surface area (Å²) in [5.74, 6) is 0. The molecule has 0 aliphatic rings. The van der Waals surface area contributed by atoms with Crippen molar-refractivity contribution in [1.82, 2.24) is 0 Å². The summed E-state index contributed by atoms with van der Waals surface area (Å²) >= 11 is 2.97. The highest BCUT2D eigenvalue weighted by Gasteiger charge is 1.55. The van der Waals surface area contributed by atoms with E-state index in [1.165, 1.54) is 0 Å². The second kappa shape index (κ2) is 1.53. The summed E-state index contributed by atoms with van der Waals surface area (Å²) in [6.45, 7) is 6.72. The van der Waals surface area contributed by atoms with Gasteiger partial charge in [0.05, 0.1) is 0 Å². The molecule has 0 unspecified atom stereocenters. The quantitative estimate of drug-likeness (QED) is 0.456. The third kappa shape index (κ3) is 68.3. The van der Waals surface area contributed by atoms with Gasteiger partial charge in [-0.25, -0.2) is 0 Å². The number of allylic oxidation sites excluding steroid dienone is 1. The number of hydrogen-bond donors (Lipinski definition) is 0. The standard InChI is InChI=1S/C3H4Br/c1-3(2)4/h1-2H2. The molecule has 23 valence electrons. The molecule has 0 saturated heterocycles. The average Bonchev–Trinajstić information content (AvgIpc) is 0.811. The maximum atomic E-state index is 3.36. The first-order chi connectivity index (χ1) is 1.73. The topological polar surface area (TPSA) is 0 Å². The van der Waals surface area contributed by atoms with Crippen molar-refractivity contribution in [3.05, 3.63) is 18.0 Å². The molecular weight excluding hydrogens is 116 g/mol. The smallest absolute Gasteiger partial charge is 0.0118 e. The molecule has 0 rings (SSSR count). The highest BCUT2D eigenvalue weighted by Crippen LogP contribution is 1.92. The van der Waals surface area contributed by atoms with Gasteiger partial charge in [0.1, 0.15) is 0 Å². The van der Waals surface area contributed by atoms with E-state index in [-0.39, 0.29) is 0 Å². The van der Waals surface area contributed by atoms with Crippen LogP contribution in [-0.2, 0) is 0 Å². The fourth-order valence-corrected chi connectivity index (χ4v) is 0. The van der Waals surface area contributed by atoms with Crippen molar-refractivity contribution in [2.75, 3.05) is 0 Å². The van der Waals surface area contributed by atoms with Crippen LogP contribution in [0.15, 0.2) is 11.1 Å². The predicted molar refractivity (Wildman–Crippen MR) is 23.4 cm³/mol. The van der Waals surface area contributed by atoms with Crippen molar-refractivity contribution >= 4 is 15.9 Å². The molecule has 0 bridgehead atoms. The van der Waals surface area contributed by atoms with Gasteiger partial charge in [-0.1, -0.05) is 22.5 Å². The summed E-state index contributed by atoms with van der Waals surface area (Å²) in [6.07, 6.45) is 0. The molecule has 0 heterocycles. The Balaban J connectivity index is 2.80. The summed E-state index contributed by atoms with van der Waals surface area (Å²) in [5, 5.41) is 0. The summed E-state index contributed by atoms with van der Waals surface area (Å²) < 4.78 is 0.729. The van der Waals surface area contributed by atoms with E-state index in [1.807, 2.05) is 0 Å². The van der Waals surface area contributed by atoms with Crippen LogP contribution in [0.3, 0.4) is 0 Å². The molecule has 4 heavy (non-hydrogen) atoms. The van der Waals surface area contributed by atoms with E-state index in [0.29, 0.717) is 0 Å². The van der Waals surface area contributed by atoms with E-state index in [2.05, 4.69) is 29.4 Å². The molecule has 0 amide bonds. The second-order valence-electron chi connectivity index (χ2n) is 0.517. The van der Waals surface area contributed by atoms with Crippen LogP contribution in [0.4, 0.5) is 0 Å². The van der Waals surface area contributed by atoms with Crippen molar-refractivity contribution in [2.24, 2.45) is 0 Å². The predicted octanol–water partition coefficient (Wildman–Crippen LogP) is 1.73. The Kier molecular flexibility index (Phi) is 1.61. The minimum atomic E-state index is 0.729. The molecule has 1 heteroatoms. The molecule has 0 aromatic heterocycles. The third-order valence-corrected chi connectivity index (χ3v) is 0. The van der Waals surface area contributed by atoms with Crippen LogP contribution in [0.25, 0.3) is 0 Å². The van der Waals surface area contributed by atoms with E-state index >= 15 is 0 Å². The monoisotopic (exact) mass is 119 g/mol. The molecule has 0 atom stereocenters. The van der Waals surface area contributed by atoms with Crippen LogP contribution in [0.5, 0.6) is 0 Å². The summed E-state index contributed by atoms with van der Waals surface area (Å²) in [6, 6.07) is 0. The van der Waals surface area contributed by atoms with E-state index in [0.717, 1.165) is 4.48 Å². The summed E-state index contributed by atoms with van der Waals surface area (Å²) in [4.78, 5) is 0. The van der Waals surface area contributed by atoms with Crippen LogP contribution >= 0.6 is 15.9 Å². The Morgan fingerprint density at radius 3 is 1.75 bits per heavy atom. The fraction of sp³-hybridized carbons (Fsp3) is 0. The highest BCUT2D eigenvalue weighted by atomic mass is 79.9. The lowest BCUT2D eigenvalue weighted by Gasteiger charge is -1.61. The van der Waals surface area contributed by atoms with E-state index in [1.54, 1.807) is 0 Å². The normalized spacial score (nSPS) is 6.50. The summed E-state index contributed by atoms with van der Waals surface area (Å²) in [7, 11) is 0. The van der Waals surface area contributed by atoms with Gasteiger partial charge in [0.2, 0.25) is 0 Å². The zero-order valence-electron chi connectivity index (χ0n) is 2.29. The maximum absolute atomic E-state index is 3.36.